The fourth-order valence-electron chi connectivity index (χ4n) is 1.34. The highest BCUT2D eigenvalue weighted by molar-refractivity contribution is 5.96. The van der Waals surface area contributed by atoms with E-state index in [2.05, 4.69) is 17.3 Å². The van der Waals surface area contributed by atoms with E-state index in [4.69, 9.17) is 5.73 Å². The van der Waals surface area contributed by atoms with Crippen LogP contribution in [-0.2, 0) is 7.05 Å². The molecule has 0 aliphatic rings. The molecular weight excluding hydrogens is 192 g/mol. The summed E-state index contributed by atoms with van der Waals surface area (Å²) in [5.41, 5.74) is 6.36. The Morgan fingerprint density at radius 2 is 2.33 bits per heavy atom. The van der Waals surface area contributed by atoms with Gasteiger partial charge in [0.25, 0.3) is 5.91 Å². The van der Waals surface area contributed by atoms with E-state index in [1.165, 1.54) is 4.68 Å². The normalized spacial score (nSPS) is 10.3. The van der Waals surface area contributed by atoms with Crippen LogP contribution < -0.4 is 11.1 Å². The van der Waals surface area contributed by atoms with Crippen LogP contribution in [-0.4, -0.2) is 22.2 Å². The van der Waals surface area contributed by atoms with E-state index in [1.807, 2.05) is 0 Å². The van der Waals surface area contributed by atoms with Crippen LogP contribution in [0.15, 0.2) is 6.20 Å². The number of unbranched alkanes of at least 4 members (excludes halogenated alkanes) is 2. The predicted octanol–water partition coefficient (Wildman–Crippen LogP) is 0.922. The molecule has 0 aliphatic carbocycles. The van der Waals surface area contributed by atoms with Crippen LogP contribution >= 0.6 is 0 Å². The van der Waals surface area contributed by atoms with Gasteiger partial charge in [0.2, 0.25) is 0 Å². The standard InChI is InChI=1S/C10H18N4O/c1-3-4-5-6-12-10(15)9-8(11)7-14(2)13-9/h7H,3-6,11H2,1-2H3,(H,12,15). The minimum Gasteiger partial charge on any atom is -0.396 e. The van der Waals surface area contributed by atoms with Gasteiger partial charge in [-0.1, -0.05) is 19.8 Å². The zero-order valence-electron chi connectivity index (χ0n) is 9.29. The summed E-state index contributed by atoms with van der Waals surface area (Å²) in [6, 6.07) is 0. The predicted molar refractivity (Wildman–Crippen MR) is 59.5 cm³/mol. The first kappa shape index (κ1) is 11.6. The van der Waals surface area contributed by atoms with Gasteiger partial charge in [-0.2, -0.15) is 5.10 Å². The highest BCUT2D eigenvalue weighted by Crippen LogP contribution is 2.07. The molecule has 0 saturated heterocycles. The number of hydrogen-bond acceptors (Lipinski definition) is 3. The Morgan fingerprint density at radius 3 is 2.87 bits per heavy atom. The average Bonchev–Trinajstić information content (AvgIpc) is 2.52. The van der Waals surface area contributed by atoms with Crippen LogP contribution in [0.5, 0.6) is 0 Å². The molecule has 1 aromatic heterocycles. The molecule has 1 heterocycles. The number of aryl methyl sites for hydroxylation is 1. The second-order valence-corrected chi connectivity index (χ2v) is 3.57. The Kier molecular flexibility index (Phi) is 4.15. The van der Waals surface area contributed by atoms with Gasteiger partial charge in [0.05, 0.1) is 5.69 Å². The lowest BCUT2D eigenvalue weighted by atomic mass is 10.2. The maximum absolute atomic E-state index is 11.6. The first-order valence-corrected chi connectivity index (χ1v) is 5.22. The summed E-state index contributed by atoms with van der Waals surface area (Å²) in [5, 5.41) is 6.78. The van der Waals surface area contributed by atoms with Gasteiger partial charge in [0.15, 0.2) is 5.69 Å². The van der Waals surface area contributed by atoms with Crippen molar-refractivity contribution in [2.75, 3.05) is 12.3 Å². The maximum atomic E-state index is 11.6. The van der Waals surface area contributed by atoms with Crippen molar-refractivity contribution < 1.29 is 4.79 Å². The van der Waals surface area contributed by atoms with Crippen LogP contribution in [0.2, 0.25) is 0 Å². The molecule has 5 heteroatoms. The van der Waals surface area contributed by atoms with Crippen LogP contribution in [0.25, 0.3) is 0 Å². The van der Waals surface area contributed by atoms with Gasteiger partial charge in [-0.05, 0) is 6.42 Å². The smallest absolute Gasteiger partial charge is 0.273 e. The zero-order chi connectivity index (χ0) is 11.3. The van der Waals surface area contributed by atoms with Crippen LogP contribution in [0, 0.1) is 0 Å². The fraction of sp³-hybridized carbons (Fsp3) is 0.600. The monoisotopic (exact) mass is 210 g/mol. The Labute approximate surface area is 89.6 Å². The van der Waals surface area contributed by atoms with E-state index in [-0.39, 0.29) is 5.91 Å². The van der Waals surface area contributed by atoms with Gasteiger partial charge in [-0.3, -0.25) is 9.48 Å². The molecule has 1 aromatic rings. The first-order chi connectivity index (χ1) is 7.15. The second-order valence-electron chi connectivity index (χ2n) is 3.57. The van der Waals surface area contributed by atoms with Crippen LogP contribution in [0.4, 0.5) is 5.69 Å². The minimum atomic E-state index is -0.191. The molecule has 1 rings (SSSR count). The summed E-state index contributed by atoms with van der Waals surface area (Å²) >= 11 is 0. The van der Waals surface area contributed by atoms with Crippen molar-refractivity contribution in [1.82, 2.24) is 15.1 Å². The van der Waals surface area contributed by atoms with E-state index in [0.29, 0.717) is 17.9 Å². The molecular formula is C10H18N4O. The van der Waals surface area contributed by atoms with Gasteiger partial charge in [0.1, 0.15) is 0 Å². The highest BCUT2D eigenvalue weighted by atomic mass is 16.1. The fourth-order valence-corrected chi connectivity index (χ4v) is 1.34. The number of nitrogens with one attached hydrogen (secondary N) is 1. The van der Waals surface area contributed by atoms with E-state index in [9.17, 15) is 4.79 Å². The van der Waals surface area contributed by atoms with Gasteiger partial charge in [0, 0.05) is 19.8 Å². The van der Waals surface area contributed by atoms with Crippen molar-refractivity contribution >= 4 is 11.6 Å². The lowest BCUT2D eigenvalue weighted by Gasteiger charge is -2.02. The Balaban J connectivity index is 2.43. The van der Waals surface area contributed by atoms with Crippen LogP contribution in [0.1, 0.15) is 36.7 Å². The molecule has 3 N–H and O–H groups in total. The SMILES string of the molecule is CCCCCNC(=O)c1nn(C)cc1N. The summed E-state index contributed by atoms with van der Waals surface area (Å²) in [7, 11) is 1.74. The number of nitrogens with zero attached hydrogens (tertiary/aromatic N) is 2. The van der Waals surface area contributed by atoms with Crippen molar-refractivity contribution in [3.63, 3.8) is 0 Å². The highest BCUT2D eigenvalue weighted by Gasteiger charge is 2.12. The molecule has 0 spiro atoms. The van der Waals surface area contributed by atoms with Gasteiger partial charge in [-0.15, -0.1) is 0 Å². The number of amides is 1. The van der Waals surface area contributed by atoms with E-state index < -0.39 is 0 Å². The third-order valence-corrected chi connectivity index (χ3v) is 2.14. The summed E-state index contributed by atoms with van der Waals surface area (Å²) in [5.74, 6) is -0.191. The minimum absolute atomic E-state index is 0.191. The third kappa shape index (κ3) is 3.27. The molecule has 0 saturated carbocycles. The molecule has 0 unspecified atom stereocenters. The van der Waals surface area contributed by atoms with Crippen molar-refractivity contribution in [3.05, 3.63) is 11.9 Å². The summed E-state index contributed by atoms with van der Waals surface area (Å²) in [4.78, 5) is 11.6. The van der Waals surface area contributed by atoms with Crippen molar-refractivity contribution in [2.45, 2.75) is 26.2 Å². The number of carbonyl (C=O) groups is 1. The molecule has 0 aromatic carbocycles. The number of anilines is 1. The molecule has 0 atom stereocenters. The van der Waals surface area contributed by atoms with E-state index in [0.717, 1.165) is 19.3 Å². The zero-order valence-corrected chi connectivity index (χ0v) is 9.29. The quantitative estimate of drug-likeness (QED) is 0.710. The lowest BCUT2D eigenvalue weighted by Crippen LogP contribution is -2.25. The largest absolute Gasteiger partial charge is 0.396 e. The summed E-state index contributed by atoms with van der Waals surface area (Å²) < 4.78 is 1.54. The van der Waals surface area contributed by atoms with Gasteiger partial charge < -0.3 is 11.1 Å². The molecule has 5 nitrogen and oxygen atoms in total. The van der Waals surface area contributed by atoms with E-state index >= 15 is 0 Å². The van der Waals surface area contributed by atoms with Crippen molar-refractivity contribution in [3.8, 4) is 0 Å². The number of rotatable bonds is 5. The maximum Gasteiger partial charge on any atom is 0.273 e. The molecule has 0 fully saturated rings. The number of nitrogen functional groups attached to an aromatic ring is 1. The van der Waals surface area contributed by atoms with E-state index in [1.54, 1.807) is 13.2 Å². The molecule has 0 aliphatic heterocycles. The number of carbonyl (C=O) groups excluding carboxylic acids is 1. The Bertz CT molecular complexity index is 332. The third-order valence-electron chi connectivity index (χ3n) is 2.14. The molecule has 15 heavy (non-hydrogen) atoms. The molecule has 0 bridgehead atoms. The van der Waals surface area contributed by atoms with Crippen molar-refractivity contribution in [1.29, 1.82) is 0 Å². The van der Waals surface area contributed by atoms with Gasteiger partial charge in [-0.25, -0.2) is 0 Å². The number of aromatic nitrogens is 2. The lowest BCUT2D eigenvalue weighted by molar-refractivity contribution is 0.0948. The molecule has 0 radical (unpaired) electrons. The Hall–Kier alpha value is -1.52. The molecule has 84 valence electrons. The summed E-state index contributed by atoms with van der Waals surface area (Å²) in [6.45, 7) is 2.81. The average molecular weight is 210 g/mol. The number of hydrogen-bond donors (Lipinski definition) is 2. The van der Waals surface area contributed by atoms with Crippen molar-refractivity contribution in [2.24, 2.45) is 7.05 Å². The first-order valence-electron chi connectivity index (χ1n) is 5.22. The Morgan fingerprint density at radius 1 is 1.60 bits per heavy atom. The topological polar surface area (TPSA) is 72.9 Å². The van der Waals surface area contributed by atoms with Gasteiger partial charge >= 0.3 is 0 Å². The number of nitrogens with two attached hydrogens (primary N) is 1. The van der Waals surface area contributed by atoms with Crippen LogP contribution in [0.3, 0.4) is 0 Å². The molecule has 1 amide bonds. The summed E-state index contributed by atoms with van der Waals surface area (Å²) in [6.07, 6.45) is 4.88. The second kappa shape index (κ2) is 5.38.